The van der Waals surface area contributed by atoms with Crippen LogP contribution in [0.5, 0.6) is 11.5 Å². The number of hydrogen-bond acceptors (Lipinski definition) is 3. The number of hydrogen-bond donors (Lipinski definition) is 1. The molecule has 3 nitrogen and oxygen atoms in total. The van der Waals surface area contributed by atoms with E-state index in [1.807, 2.05) is 0 Å². The summed E-state index contributed by atoms with van der Waals surface area (Å²) in [5.41, 5.74) is 0. The van der Waals surface area contributed by atoms with Crippen molar-refractivity contribution in [1.82, 2.24) is 0 Å². The van der Waals surface area contributed by atoms with E-state index in [1.54, 1.807) is 25.3 Å². The quantitative estimate of drug-likeness (QED) is 0.829. The molecule has 0 aromatic heterocycles. The van der Waals surface area contributed by atoms with Crippen LogP contribution in [0.15, 0.2) is 22.7 Å². The largest absolute Gasteiger partial charge is 0.508 e. The molecule has 0 aliphatic heterocycles. The van der Waals surface area contributed by atoms with E-state index in [4.69, 9.17) is 9.47 Å². The van der Waals surface area contributed by atoms with Gasteiger partial charge in [-0.05, 0) is 12.1 Å². The van der Waals surface area contributed by atoms with Crippen LogP contribution in [0.4, 0.5) is 0 Å². The molecule has 1 aromatic rings. The van der Waals surface area contributed by atoms with Crippen molar-refractivity contribution in [3.63, 3.8) is 0 Å². The van der Waals surface area contributed by atoms with Gasteiger partial charge in [-0.2, -0.15) is 0 Å². The lowest BCUT2D eigenvalue weighted by molar-refractivity contribution is 0.146. The highest BCUT2D eigenvalue weighted by Gasteiger charge is 1.98. The highest BCUT2D eigenvalue weighted by atomic mass is 79.9. The topological polar surface area (TPSA) is 38.7 Å². The van der Waals surface area contributed by atoms with Crippen LogP contribution < -0.4 is 4.74 Å². The standard InChI is InChI=1S/C9H11BrO3/c1-12-2-3-13-9-5-7(10)4-8(11)6-9/h4-6,11H,2-3H2,1H3. The Labute approximate surface area is 85.4 Å². The first-order valence-electron chi connectivity index (χ1n) is 3.83. The van der Waals surface area contributed by atoms with Crippen LogP contribution in [-0.4, -0.2) is 25.4 Å². The van der Waals surface area contributed by atoms with E-state index in [2.05, 4.69) is 15.9 Å². The predicted molar refractivity (Wildman–Crippen MR) is 53.2 cm³/mol. The van der Waals surface area contributed by atoms with Crippen molar-refractivity contribution < 1.29 is 14.6 Å². The minimum absolute atomic E-state index is 0.182. The average molecular weight is 247 g/mol. The minimum Gasteiger partial charge on any atom is -0.508 e. The van der Waals surface area contributed by atoms with Gasteiger partial charge >= 0.3 is 0 Å². The van der Waals surface area contributed by atoms with Crippen LogP contribution in [0.3, 0.4) is 0 Å². The van der Waals surface area contributed by atoms with E-state index in [9.17, 15) is 5.11 Å². The first kappa shape index (κ1) is 10.3. The second-order valence-electron chi connectivity index (χ2n) is 2.49. The molecule has 72 valence electrons. The van der Waals surface area contributed by atoms with E-state index in [0.29, 0.717) is 19.0 Å². The molecule has 0 atom stereocenters. The lowest BCUT2D eigenvalue weighted by Crippen LogP contribution is -2.03. The number of benzene rings is 1. The second kappa shape index (κ2) is 5.09. The molecule has 0 saturated carbocycles. The fraction of sp³-hybridized carbons (Fsp3) is 0.333. The van der Waals surface area contributed by atoms with Crippen molar-refractivity contribution >= 4 is 15.9 Å². The summed E-state index contributed by atoms with van der Waals surface area (Å²) in [5.74, 6) is 0.811. The molecule has 0 aliphatic rings. The molecule has 0 spiro atoms. The molecule has 1 rings (SSSR count). The third kappa shape index (κ3) is 3.65. The third-order valence-electron chi connectivity index (χ3n) is 1.41. The van der Waals surface area contributed by atoms with Gasteiger partial charge in [-0.3, -0.25) is 0 Å². The van der Waals surface area contributed by atoms with Gasteiger partial charge < -0.3 is 14.6 Å². The summed E-state index contributed by atoms with van der Waals surface area (Å²) in [6.45, 7) is 1.01. The zero-order chi connectivity index (χ0) is 9.68. The summed E-state index contributed by atoms with van der Waals surface area (Å²) in [6, 6.07) is 4.94. The van der Waals surface area contributed by atoms with Crippen molar-refractivity contribution in [2.45, 2.75) is 0 Å². The van der Waals surface area contributed by atoms with Gasteiger partial charge in [0.15, 0.2) is 0 Å². The number of aromatic hydroxyl groups is 1. The lowest BCUT2D eigenvalue weighted by Gasteiger charge is -2.05. The first-order chi connectivity index (χ1) is 6.22. The SMILES string of the molecule is COCCOc1cc(O)cc(Br)c1. The Morgan fingerprint density at radius 2 is 2.08 bits per heavy atom. The third-order valence-corrected chi connectivity index (χ3v) is 1.87. The maximum atomic E-state index is 9.21. The second-order valence-corrected chi connectivity index (χ2v) is 3.40. The minimum atomic E-state index is 0.182. The Hall–Kier alpha value is -0.740. The molecule has 1 N–H and O–H groups in total. The monoisotopic (exact) mass is 246 g/mol. The van der Waals surface area contributed by atoms with Crippen LogP contribution in [-0.2, 0) is 4.74 Å². The average Bonchev–Trinajstić information content (AvgIpc) is 2.03. The summed E-state index contributed by atoms with van der Waals surface area (Å²) in [4.78, 5) is 0. The summed E-state index contributed by atoms with van der Waals surface area (Å²) in [6.07, 6.45) is 0. The Morgan fingerprint density at radius 1 is 1.31 bits per heavy atom. The first-order valence-corrected chi connectivity index (χ1v) is 4.63. The molecule has 0 aliphatic carbocycles. The van der Waals surface area contributed by atoms with E-state index in [1.165, 1.54) is 0 Å². The van der Waals surface area contributed by atoms with Crippen molar-refractivity contribution in [2.24, 2.45) is 0 Å². The Kier molecular flexibility index (Phi) is 4.05. The summed E-state index contributed by atoms with van der Waals surface area (Å²) in [5, 5.41) is 9.21. The van der Waals surface area contributed by atoms with Crippen molar-refractivity contribution in [2.75, 3.05) is 20.3 Å². The van der Waals surface area contributed by atoms with E-state index in [-0.39, 0.29) is 5.75 Å². The van der Waals surface area contributed by atoms with Crippen molar-refractivity contribution in [3.8, 4) is 11.5 Å². The van der Waals surface area contributed by atoms with Crippen molar-refractivity contribution in [3.05, 3.63) is 22.7 Å². The highest BCUT2D eigenvalue weighted by Crippen LogP contribution is 2.25. The number of rotatable bonds is 4. The smallest absolute Gasteiger partial charge is 0.124 e. The number of halogens is 1. The molecule has 0 fully saturated rings. The van der Waals surface area contributed by atoms with Crippen LogP contribution >= 0.6 is 15.9 Å². The highest BCUT2D eigenvalue weighted by molar-refractivity contribution is 9.10. The number of ether oxygens (including phenoxy) is 2. The normalized spacial score (nSPS) is 10.0. The Balaban J connectivity index is 2.56. The van der Waals surface area contributed by atoms with Gasteiger partial charge in [-0.1, -0.05) is 15.9 Å². The summed E-state index contributed by atoms with van der Waals surface area (Å²) in [7, 11) is 1.61. The fourth-order valence-corrected chi connectivity index (χ4v) is 1.33. The van der Waals surface area contributed by atoms with Gasteiger partial charge in [-0.15, -0.1) is 0 Å². The molecule has 0 heterocycles. The molecule has 0 saturated heterocycles. The maximum Gasteiger partial charge on any atom is 0.124 e. The van der Waals surface area contributed by atoms with E-state index in [0.717, 1.165) is 4.47 Å². The number of phenols is 1. The molecule has 0 radical (unpaired) electrons. The summed E-state index contributed by atoms with van der Waals surface area (Å²) < 4.78 is 10.9. The van der Waals surface area contributed by atoms with Gasteiger partial charge in [0.2, 0.25) is 0 Å². The van der Waals surface area contributed by atoms with Gasteiger partial charge in [0.1, 0.15) is 18.1 Å². The Morgan fingerprint density at radius 3 is 2.69 bits per heavy atom. The van der Waals surface area contributed by atoms with Crippen LogP contribution in [0.25, 0.3) is 0 Å². The van der Waals surface area contributed by atoms with E-state index >= 15 is 0 Å². The van der Waals surface area contributed by atoms with Crippen LogP contribution in [0.2, 0.25) is 0 Å². The molecule has 0 bridgehead atoms. The van der Waals surface area contributed by atoms with Gasteiger partial charge in [0.25, 0.3) is 0 Å². The van der Waals surface area contributed by atoms with Gasteiger partial charge in [0.05, 0.1) is 6.61 Å². The number of methoxy groups -OCH3 is 1. The molecule has 0 amide bonds. The molecule has 0 unspecified atom stereocenters. The van der Waals surface area contributed by atoms with Gasteiger partial charge in [-0.25, -0.2) is 0 Å². The fourth-order valence-electron chi connectivity index (χ4n) is 0.874. The lowest BCUT2D eigenvalue weighted by atomic mass is 10.3. The molecule has 13 heavy (non-hydrogen) atoms. The molecular weight excluding hydrogens is 236 g/mol. The summed E-state index contributed by atoms with van der Waals surface area (Å²) >= 11 is 3.25. The van der Waals surface area contributed by atoms with Crippen molar-refractivity contribution in [1.29, 1.82) is 0 Å². The van der Waals surface area contributed by atoms with Crippen LogP contribution in [0, 0.1) is 0 Å². The molecule has 1 aromatic carbocycles. The van der Waals surface area contributed by atoms with Crippen LogP contribution in [0.1, 0.15) is 0 Å². The Bertz CT molecular complexity index is 255. The molecular formula is C9H11BrO3. The molecule has 4 heteroatoms. The zero-order valence-corrected chi connectivity index (χ0v) is 8.87. The number of phenolic OH excluding ortho intramolecular Hbond substituents is 1. The van der Waals surface area contributed by atoms with Gasteiger partial charge in [0, 0.05) is 17.6 Å². The maximum absolute atomic E-state index is 9.21. The zero-order valence-electron chi connectivity index (χ0n) is 7.29. The van der Waals surface area contributed by atoms with E-state index < -0.39 is 0 Å². The predicted octanol–water partition coefficient (Wildman–Crippen LogP) is 2.18.